The maximum absolute atomic E-state index is 13.2. The number of phenols is 4. The van der Waals surface area contributed by atoms with Crippen LogP contribution in [0.3, 0.4) is 0 Å². The molecule has 3 heterocycles. The summed E-state index contributed by atoms with van der Waals surface area (Å²) in [6.45, 7) is -1.66. The van der Waals surface area contributed by atoms with Crippen molar-refractivity contribution in [3.05, 3.63) is 46.1 Å². The molecule has 11 N–H and O–H groups in total. The summed E-state index contributed by atoms with van der Waals surface area (Å²) in [5.41, 5.74) is -1.66. The van der Waals surface area contributed by atoms with E-state index in [0.717, 1.165) is 24.3 Å². The highest BCUT2D eigenvalue weighted by atomic mass is 16.7. The van der Waals surface area contributed by atoms with Crippen molar-refractivity contribution in [2.45, 2.75) is 61.2 Å². The summed E-state index contributed by atoms with van der Waals surface area (Å²) in [4.78, 5) is 13.2. The Morgan fingerprint density at radius 2 is 1.35 bits per heavy atom. The molecule has 10 atom stereocenters. The van der Waals surface area contributed by atoms with Gasteiger partial charge in [0.2, 0.25) is 0 Å². The Morgan fingerprint density at radius 3 is 2.00 bits per heavy atom. The molecule has 2 aromatic carbocycles. The van der Waals surface area contributed by atoms with E-state index < -0.39 is 119 Å². The fourth-order valence-electron chi connectivity index (χ4n) is 5.22. The number of hydrogen-bond acceptors (Lipinski definition) is 16. The molecule has 5 rings (SSSR count). The van der Waals surface area contributed by atoms with E-state index in [-0.39, 0.29) is 11.3 Å². The van der Waals surface area contributed by atoms with Crippen molar-refractivity contribution >= 4 is 11.0 Å². The van der Waals surface area contributed by atoms with E-state index in [4.69, 9.17) is 18.6 Å². The summed E-state index contributed by atoms with van der Waals surface area (Å²) < 4.78 is 22.7. The number of hydrogen-bond donors (Lipinski definition) is 11. The zero-order valence-corrected chi connectivity index (χ0v) is 22.0. The Kier molecular flexibility index (Phi) is 8.52. The fraction of sp³-hybridized carbons (Fsp3) is 0.444. The molecule has 234 valence electrons. The van der Waals surface area contributed by atoms with Crippen LogP contribution in [0.5, 0.6) is 23.0 Å². The number of aliphatic hydroxyl groups is 7. The van der Waals surface area contributed by atoms with E-state index in [1.807, 2.05) is 0 Å². The van der Waals surface area contributed by atoms with Crippen molar-refractivity contribution in [3.8, 4) is 34.3 Å². The Bertz CT molecular complexity index is 1540. The van der Waals surface area contributed by atoms with Gasteiger partial charge >= 0.3 is 0 Å². The van der Waals surface area contributed by atoms with Crippen LogP contribution in [0.15, 0.2) is 39.5 Å². The Labute approximate surface area is 241 Å². The van der Waals surface area contributed by atoms with Gasteiger partial charge < -0.3 is 74.8 Å². The number of aliphatic hydroxyl groups excluding tert-OH is 7. The number of fused-ring (bicyclic) bond motifs is 1. The predicted octanol–water partition coefficient (Wildman–Crippen LogP) is -2.38. The predicted molar refractivity (Wildman–Crippen MR) is 140 cm³/mol. The minimum absolute atomic E-state index is 0.0884. The van der Waals surface area contributed by atoms with Crippen LogP contribution < -0.4 is 5.43 Å². The van der Waals surface area contributed by atoms with Crippen LogP contribution in [-0.4, -0.2) is 125 Å². The third-order valence-corrected chi connectivity index (χ3v) is 7.55. The summed E-state index contributed by atoms with van der Waals surface area (Å²) in [6, 6.07) is 5.24. The summed E-state index contributed by atoms with van der Waals surface area (Å²) in [6.07, 6.45) is -17.7. The van der Waals surface area contributed by atoms with Gasteiger partial charge in [-0.05, 0) is 18.2 Å². The summed E-state index contributed by atoms with van der Waals surface area (Å²) in [7, 11) is 0. The molecule has 0 aliphatic carbocycles. The van der Waals surface area contributed by atoms with Crippen LogP contribution in [0.4, 0.5) is 0 Å². The third kappa shape index (κ3) is 5.38. The van der Waals surface area contributed by atoms with Crippen LogP contribution >= 0.6 is 0 Å². The molecule has 43 heavy (non-hydrogen) atoms. The number of benzene rings is 2. The van der Waals surface area contributed by atoms with E-state index in [0.29, 0.717) is 0 Å². The van der Waals surface area contributed by atoms with Crippen molar-refractivity contribution in [2.24, 2.45) is 0 Å². The van der Waals surface area contributed by atoms with Crippen LogP contribution in [0, 0.1) is 0 Å². The van der Waals surface area contributed by atoms with Crippen molar-refractivity contribution in [1.29, 1.82) is 0 Å². The maximum atomic E-state index is 13.2. The second kappa shape index (κ2) is 11.9. The van der Waals surface area contributed by atoms with Crippen LogP contribution in [0.1, 0.15) is 11.7 Å². The van der Waals surface area contributed by atoms with Gasteiger partial charge in [-0.25, -0.2) is 0 Å². The fourth-order valence-corrected chi connectivity index (χ4v) is 5.22. The molecule has 0 bridgehead atoms. The highest BCUT2D eigenvalue weighted by Gasteiger charge is 2.52. The number of phenolic OH excluding ortho intramolecular Hbond substituents is 4. The molecule has 0 saturated carbocycles. The standard InChI is InChI=1S/C27H30O16/c28-6-15-20(36)22(38)26(43-27-23(39)21(37)19(35)16(7-29)42-27)25(41-15)18-12(33)4-11(32)17-13(34)5-14(40-24(17)18)8-1-2-9(30)10(31)3-8/h1-5,15-16,19-23,25-33,35-39H,6-7H2/t15?,16?,19-,20+,21?,22-,23-,25-,26?,27+/m0/s1. The van der Waals surface area contributed by atoms with Gasteiger partial charge in [0.15, 0.2) is 28.8 Å². The Balaban J connectivity index is 1.67. The second-order valence-electron chi connectivity index (χ2n) is 10.3. The first kappa shape index (κ1) is 30.9. The van der Waals surface area contributed by atoms with Crippen molar-refractivity contribution in [3.63, 3.8) is 0 Å². The maximum Gasteiger partial charge on any atom is 0.197 e. The minimum atomic E-state index is -1.95. The van der Waals surface area contributed by atoms with Gasteiger partial charge in [-0.3, -0.25) is 4.79 Å². The molecule has 4 unspecified atom stereocenters. The molecule has 0 radical (unpaired) electrons. The highest BCUT2D eigenvalue weighted by Crippen LogP contribution is 2.45. The molecular formula is C27H30O16. The summed E-state index contributed by atoms with van der Waals surface area (Å²) >= 11 is 0. The average molecular weight is 611 g/mol. The van der Waals surface area contributed by atoms with Crippen LogP contribution in [0.2, 0.25) is 0 Å². The second-order valence-corrected chi connectivity index (χ2v) is 10.3. The van der Waals surface area contributed by atoms with Gasteiger partial charge in [0.25, 0.3) is 0 Å². The van der Waals surface area contributed by atoms with Gasteiger partial charge in [0.1, 0.15) is 77.6 Å². The van der Waals surface area contributed by atoms with E-state index in [2.05, 4.69) is 0 Å². The van der Waals surface area contributed by atoms with E-state index in [1.165, 1.54) is 6.07 Å². The SMILES string of the molecule is O=c1cc(-c2ccc(O)c(O)c2)oc2c([C@@H]3OC(CO)[C@@H](O)[C@H](O)C3O[C@H]3OC(CO)[C@H](O)C(O)[C@@H]3O)c(O)cc(O)c12. The molecule has 0 amide bonds. The zero-order valence-electron chi connectivity index (χ0n) is 22.0. The molecule has 2 aliphatic heterocycles. The largest absolute Gasteiger partial charge is 0.507 e. The monoisotopic (exact) mass is 610 g/mol. The number of aromatic hydroxyl groups is 4. The minimum Gasteiger partial charge on any atom is -0.507 e. The molecule has 2 fully saturated rings. The van der Waals surface area contributed by atoms with E-state index in [1.54, 1.807) is 0 Å². The molecule has 0 spiro atoms. The lowest BCUT2D eigenvalue weighted by Gasteiger charge is -2.46. The smallest absolute Gasteiger partial charge is 0.197 e. The molecular weight excluding hydrogens is 580 g/mol. The average Bonchev–Trinajstić information content (AvgIpc) is 2.97. The topological polar surface area (TPSA) is 280 Å². The van der Waals surface area contributed by atoms with Crippen molar-refractivity contribution in [1.82, 2.24) is 0 Å². The van der Waals surface area contributed by atoms with Gasteiger partial charge in [-0.15, -0.1) is 0 Å². The van der Waals surface area contributed by atoms with E-state index in [9.17, 15) is 61.0 Å². The molecule has 16 nitrogen and oxygen atoms in total. The lowest BCUT2D eigenvalue weighted by molar-refractivity contribution is -0.342. The summed E-state index contributed by atoms with van der Waals surface area (Å²) in [5.74, 6) is -2.70. The quantitative estimate of drug-likeness (QED) is 0.130. The lowest BCUT2D eigenvalue weighted by atomic mass is 9.89. The van der Waals surface area contributed by atoms with Crippen molar-refractivity contribution < 1.29 is 74.8 Å². The van der Waals surface area contributed by atoms with Gasteiger partial charge in [-0.2, -0.15) is 0 Å². The van der Waals surface area contributed by atoms with Crippen molar-refractivity contribution in [2.75, 3.05) is 13.2 Å². The van der Waals surface area contributed by atoms with Crippen LogP contribution in [-0.2, 0) is 14.2 Å². The summed E-state index contributed by atoms with van der Waals surface area (Å²) in [5, 5.41) is 113. The van der Waals surface area contributed by atoms with Crippen LogP contribution in [0.25, 0.3) is 22.3 Å². The normalized spacial score (nSPS) is 33.1. The first-order valence-corrected chi connectivity index (χ1v) is 13.0. The highest BCUT2D eigenvalue weighted by molar-refractivity contribution is 5.89. The third-order valence-electron chi connectivity index (χ3n) is 7.55. The first-order chi connectivity index (χ1) is 20.4. The lowest BCUT2D eigenvalue weighted by Crippen LogP contribution is -2.62. The number of ether oxygens (including phenoxy) is 3. The molecule has 2 aliphatic rings. The Hall–Kier alpha value is -3.55. The molecule has 2 saturated heterocycles. The van der Waals surface area contributed by atoms with Gasteiger partial charge in [0, 0.05) is 17.7 Å². The Morgan fingerprint density at radius 1 is 0.698 bits per heavy atom. The molecule has 3 aromatic rings. The van der Waals surface area contributed by atoms with Gasteiger partial charge in [-0.1, -0.05) is 0 Å². The zero-order chi connectivity index (χ0) is 31.3. The van der Waals surface area contributed by atoms with E-state index >= 15 is 0 Å². The molecule has 16 heteroatoms. The number of rotatable bonds is 6. The first-order valence-electron chi connectivity index (χ1n) is 13.0. The molecule has 1 aromatic heterocycles. The van der Waals surface area contributed by atoms with Gasteiger partial charge in [0.05, 0.1) is 18.8 Å².